The van der Waals surface area contributed by atoms with Gasteiger partial charge in [-0.25, -0.2) is 13.4 Å². The van der Waals surface area contributed by atoms with Crippen LogP contribution in [0.25, 0.3) is 0 Å². The van der Waals surface area contributed by atoms with Gasteiger partial charge in [0, 0.05) is 10.4 Å². The van der Waals surface area contributed by atoms with Gasteiger partial charge in [0.15, 0.2) is 0 Å². The maximum absolute atomic E-state index is 12.7. The van der Waals surface area contributed by atoms with Crippen molar-refractivity contribution in [1.82, 2.24) is 4.98 Å². The summed E-state index contributed by atoms with van der Waals surface area (Å²) in [5.74, 6) is 0.436. The molecule has 1 aromatic heterocycles. The summed E-state index contributed by atoms with van der Waals surface area (Å²) >= 11 is 7.38. The van der Waals surface area contributed by atoms with Crippen LogP contribution in [0.5, 0.6) is 5.75 Å². The number of rotatable bonds is 6. The number of benzene rings is 2. The van der Waals surface area contributed by atoms with Crippen LogP contribution in [0, 0.1) is 6.92 Å². The molecule has 130 valence electrons. The van der Waals surface area contributed by atoms with Crippen LogP contribution in [0.15, 0.2) is 58.3 Å². The average molecular weight is 395 g/mol. The number of aryl methyl sites for hydroxylation is 1. The van der Waals surface area contributed by atoms with Gasteiger partial charge in [0.2, 0.25) is 0 Å². The lowest BCUT2D eigenvalue weighted by Crippen LogP contribution is -2.15. The molecule has 3 aromatic rings. The number of nitrogens with zero attached hydrogens (tertiary/aromatic N) is 1. The summed E-state index contributed by atoms with van der Waals surface area (Å²) in [6.07, 6.45) is 0. The zero-order chi connectivity index (χ0) is 17.9. The molecule has 0 unspecified atom stereocenters. The summed E-state index contributed by atoms with van der Waals surface area (Å²) in [6.45, 7) is 1.97. The van der Waals surface area contributed by atoms with Crippen LogP contribution < -0.4 is 9.46 Å². The molecule has 0 fully saturated rings. The lowest BCUT2D eigenvalue weighted by Gasteiger charge is -2.14. The Labute approximate surface area is 155 Å². The molecule has 0 bridgehead atoms. The van der Waals surface area contributed by atoms with Gasteiger partial charge in [-0.2, -0.15) is 0 Å². The van der Waals surface area contributed by atoms with Crippen molar-refractivity contribution in [3.8, 4) is 5.75 Å². The molecule has 2 aromatic carbocycles. The van der Waals surface area contributed by atoms with Crippen molar-refractivity contribution >= 4 is 38.6 Å². The Bertz CT molecular complexity index is 973. The van der Waals surface area contributed by atoms with Gasteiger partial charge in [-0.05, 0) is 42.8 Å². The van der Waals surface area contributed by atoms with E-state index in [4.69, 9.17) is 16.3 Å². The largest absolute Gasteiger partial charge is 0.485 e. The first-order chi connectivity index (χ1) is 12.0. The fraction of sp³-hybridized carbons (Fsp3) is 0.118. The molecule has 0 aliphatic rings. The third kappa shape index (κ3) is 4.31. The van der Waals surface area contributed by atoms with E-state index in [0.29, 0.717) is 22.0 Å². The summed E-state index contributed by atoms with van der Waals surface area (Å²) in [7, 11) is -3.76. The van der Waals surface area contributed by atoms with E-state index in [1.165, 1.54) is 17.4 Å². The molecular weight excluding hydrogens is 380 g/mol. The first kappa shape index (κ1) is 17.7. The molecule has 0 spiro atoms. The van der Waals surface area contributed by atoms with Gasteiger partial charge >= 0.3 is 0 Å². The highest BCUT2D eigenvalue weighted by Gasteiger charge is 2.19. The topological polar surface area (TPSA) is 68.3 Å². The second kappa shape index (κ2) is 7.43. The van der Waals surface area contributed by atoms with Crippen molar-refractivity contribution in [3.05, 3.63) is 69.6 Å². The van der Waals surface area contributed by atoms with E-state index in [-0.39, 0.29) is 11.5 Å². The molecule has 0 atom stereocenters. The fourth-order valence-corrected chi connectivity index (χ4v) is 4.32. The predicted octanol–water partition coefficient (Wildman–Crippen LogP) is 4.48. The third-order valence-electron chi connectivity index (χ3n) is 3.42. The number of halogens is 1. The highest BCUT2D eigenvalue weighted by molar-refractivity contribution is 7.92. The molecule has 8 heteroatoms. The van der Waals surface area contributed by atoms with Gasteiger partial charge < -0.3 is 4.74 Å². The fourth-order valence-electron chi connectivity index (χ4n) is 2.25. The molecule has 0 saturated carbocycles. The standard InChI is InChI=1S/C17H15ClN2O3S2/c1-12-8-13(18)6-7-17(12)25(21,22)20-15-4-2-3-5-16(15)23-9-14-10-24-11-19-14/h2-8,10-11,20H,9H2,1H3. The minimum absolute atomic E-state index is 0.172. The molecule has 3 rings (SSSR count). The van der Waals surface area contributed by atoms with E-state index in [0.717, 1.165) is 5.69 Å². The monoisotopic (exact) mass is 394 g/mol. The summed E-state index contributed by atoms with van der Waals surface area (Å²) in [5.41, 5.74) is 3.44. The Morgan fingerprint density at radius 1 is 1.24 bits per heavy atom. The van der Waals surface area contributed by atoms with Crippen molar-refractivity contribution in [2.75, 3.05) is 4.72 Å². The number of hydrogen-bond acceptors (Lipinski definition) is 5. The van der Waals surface area contributed by atoms with Gasteiger partial charge in [-0.3, -0.25) is 4.72 Å². The Kier molecular flexibility index (Phi) is 5.27. The molecule has 25 heavy (non-hydrogen) atoms. The molecule has 0 aliphatic heterocycles. The van der Waals surface area contributed by atoms with E-state index >= 15 is 0 Å². The molecule has 0 saturated heterocycles. The van der Waals surface area contributed by atoms with Gasteiger partial charge in [0.05, 0.1) is 21.8 Å². The van der Waals surface area contributed by atoms with Crippen LogP contribution in [-0.4, -0.2) is 13.4 Å². The maximum Gasteiger partial charge on any atom is 0.262 e. The van der Waals surface area contributed by atoms with Gasteiger partial charge in [-0.1, -0.05) is 23.7 Å². The molecule has 1 heterocycles. The second-order valence-electron chi connectivity index (χ2n) is 5.28. The Hall–Kier alpha value is -2.09. The highest BCUT2D eigenvalue weighted by Crippen LogP contribution is 2.29. The smallest absolute Gasteiger partial charge is 0.262 e. The first-order valence-corrected chi connectivity index (χ1v) is 10.1. The van der Waals surface area contributed by atoms with Crippen molar-refractivity contribution in [2.45, 2.75) is 18.4 Å². The van der Waals surface area contributed by atoms with Gasteiger partial charge in [0.1, 0.15) is 12.4 Å². The van der Waals surface area contributed by atoms with Crippen molar-refractivity contribution < 1.29 is 13.2 Å². The zero-order valence-corrected chi connectivity index (χ0v) is 15.7. The number of para-hydroxylation sites is 2. The minimum atomic E-state index is -3.76. The van der Waals surface area contributed by atoms with Crippen molar-refractivity contribution in [1.29, 1.82) is 0 Å². The molecular formula is C17H15ClN2O3S2. The van der Waals surface area contributed by atoms with E-state index in [1.807, 2.05) is 5.38 Å². The number of hydrogen-bond donors (Lipinski definition) is 1. The van der Waals surface area contributed by atoms with Crippen LogP contribution in [0.1, 0.15) is 11.3 Å². The van der Waals surface area contributed by atoms with E-state index in [1.54, 1.807) is 48.8 Å². The predicted molar refractivity (Wildman–Crippen MR) is 99.9 cm³/mol. The second-order valence-corrected chi connectivity index (χ2v) is 8.09. The summed E-state index contributed by atoms with van der Waals surface area (Å²) in [6, 6.07) is 11.5. The van der Waals surface area contributed by atoms with Crippen LogP contribution >= 0.6 is 22.9 Å². The molecule has 0 aliphatic carbocycles. The van der Waals surface area contributed by atoms with Gasteiger partial charge in [0.25, 0.3) is 10.0 Å². The Morgan fingerprint density at radius 2 is 2.04 bits per heavy atom. The summed E-state index contributed by atoms with van der Waals surface area (Å²) in [4.78, 5) is 4.32. The number of aromatic nitrogens is 1. The van der Waals surface area contributed by atoms with Crippen LogP contribution in [0.2, 0.25) is 5.02 Å². The Balaban J connectivity index is 1.84. The first-order valence-electron chi connectivity index (χ1n) is 7.33. The van der Waals surface area contributed by atoms with Gasteiger partial charge in [-0.15, -0.1) is 11.3 Å². The molecule has 0 amide bonds. The molecule has 5 nitrogen and oxygen atoms in total. The van der Waals surface area contributed by atoms with E-state index in [9.17, 15) is 8.42 Å². The van der Waals surface area contributed by atoms with Crippen molar-refractivity contribution in [3.63, 3.8) is 0 Å². The van der Waals surface area contributed by atoms with Crippen molar-refractivity contribution in [2.24, 2.45) is 0 Å². The maximum atomic E-state index is 12.7. The van der Waals surface area contributed by atoms with Crippen LogP contribution in [-0.2, 0) is 16.6 Å². The lowest BCUT2D eigenvalue weighted by atomic mass is 10.2. The summed E-state index contributed by atoms with van der Waals surface area (Å²) < 4.78 is 33.7. The lowest BCUT2D eigenvalue weighted by molar-refractivity contribution is 0.304. The number of sulfonamides is 1. The van der Waals surface area contributed by atoms with Crippen LogP contribution in [0.4, 0.5) is 5.69 Å². The zero-order valence-electron chi connectivity index (χ0n) is 13.3. The Morgan fingerprint density at radius 3 is 2.76 bits per heavy atom. The number of ether oxygens (including phenoxy) is 1. The molecule has 1 N–H and O–H groups in total. The SMILES string of the molecule is Cc1cc(Cl)ccc1S(=O)(=O)Nc1ccccc1OCc1cscn1. The highest BCUT2D eigenvalue weighted by atomic mass is 35.5. The summed E-state index contributed by atoms with van der Waals surface area (Å²) in [5, 5.41) is 2.37. The normalized spacial score (nSPS) is 11.3. The molecule has 0 radical (unpaired) electrons. The quantitative estimate of drug-likeness (QED) is 0.669. The number of thiazole rings is 1. The van der Waals surface area contributed by atoms with E-state index in [2.05, 4.69) is 9.71 Å². The minimum Gasteiger partial charge on any atom is -0.485 e. The average Bonchev–Trinajstić information content (AvgIpc) is 3.07. The van der Waals surface area contributed by atoms with E-state index < -0.39 is 10.0 Å². The number of nitrogens with one attached hydrogen (secondary N) is 1. The third-order valence-corrected chi connectivity index (χ3v) is 5.81. The van der Waals surface area contributed by atoms with Crippen LogP contribution in [0.3, 0.4) is 0 Å². The number of anilines is 1.